The van der Waals surface area contributed by atoms with Crippen LogP contribution in [0.4, 0.5) is 0 Å². The zero-order valence-corrected chi connectivity index (χ0v) is 10.4. The summed E-state index contributed by atoms with van der Waals surface area (Å²) in [6.07, 6.45) is 5.29. The molecule has 2 fully saturated rings. The Morgan fingerprint density at radius 1 is 1.76 bits per heavy atom. The third-order valence-electron chi connectivity index (χ3n) is 4.11. The quantitative estimate of drug-likeness (QED) is 0.591. The molecule has 2 aliphatic heterocycles. The van der Waals surface area contributed by atoms with Crippen LogP contribution in [-0.2, 0) is 4.79 Å². The standard InChI is InChI=1S/C12H22N3O2/c1-14-7-10(16)8-15-9-3-2-5-12(15,6-4-9)11(13)17/h2,9-10,14,16H,3-8H2,1H3,(H2,13,17)/t9-,10?,12+/m1/s1. The number of nitrogens with zero attached hydrogens (tertiary/aromatic N) is 1. The highest BCUT2D eigenvalue weighted by Gasteiger charge is 2.52. The van der Waals surface area contributed by atoms with Crippen molar-refractivity contribution in [3.05, 3.63) is 6.42 Å². The molecule has 0 aliphatic carbocycles. The highest BCUT2D eigenvalue weighted by atomic mass is 16.3. The number of carbonyl (C=O) groups is 1. The number of aliphatic hydroxyl groups excluding tert-OH is 1. The van der Waals surface area contributed by atoms with E-state index in [2.05, 4.69) is 16.6 Å². The van der Waals surface area contributed by atoms with Crippen LogP contribution in [0.25, 0.3) is 0 Å². The van der Waals surface area contributed by atoms with Gasteiger partial charge in [-0.2, -0.15) is 0 Å². The molecule has 1 unspecified atom stereocenters. The molecule has 0 aromatic carbocycles. The van der Waals surface area contributed by atoms with Crippen molar-refractivity contribution in [3.8, 4) is 0 Å². The number of carbonyl (C=O) groups excluding carboxylic acids is 1. The number of rotatable bonds is 5. The van der Waals surface area contributed by atoms with Gasteiger partial charge in [0.1, 0.15) is 5.54 Å². The van der Waals surface area contributed by atoms with Crippen LogP contribution in [0.5, 0.6) is 0 Å². The molecule has 2 bridgehead atoms. The minimum atomic E-state index is -0.530. The van der Waals surface area contributed by atoms with Gasteiger partial charge >= 0.3 is 0 Å². The van der Waals surface area contributed by atoms with E-state index in [1.807, 2.05) is 7.05 Å². The fourth-order valence-electron chi connectivity index (χ4n) is 3.25. The predicted molar refractivity (Wildman–Crippen MR) is 65.1 cm³/mol. The van der Waals surface area contributed by atoms with Gasteiger partial charge in [0.2, 0.25) is 5.91 Å². The molecule has 4 N–H and O–H groups in total. The van der Waals surface area contributed by atoms with Crippen molar-refractivity contribution in [3.63, 3.8) is 0 Å². The fraction of sp³-hybridized carbons (Fsp3) is 0.833. The van der Waals surface area contributed by atoms with Crippen molar-refractivity contribution in [1.29, 1.82) is 0 Å². The van der Waals surface area contributed by atoms with Crippen molar-refractivity contribution in [2.75, 3.05) is 20.1 Å². The van der Waals surface area contributed by atoms with E-state index in [0.717, 1.165) is 25.7 Å². The highest BCUT2D eigenvalue weighted by Crippen LogP contribution is 2.43. The summed E-state index contributed by atoms with van der Waals surface area (Å²) >= 11 is 0. The first kappa shape index (κ1) is 12.8. The monoisotopic (exact) mass is 240 g/mol. The van der Waals surface area contributed by atoms with Crippen molar-refractivity contribution in [1.82, 2.24) is 10.2 Å². The molecule has 5 heteroatoms. The van der Waals surface area contributed by atoms with Gasteiger partial charge in [-0.1, -0.05) is 0 Å². The van der Waals surface area contributed by atoms with Gasteiger partial charge in [0.05, 0.1) is 6.10 Å². The zero-order chi connectivity index (χ0) is 12.5. The SMILES string of the molecule is CNCC(O)CN1[C@@H]2C[CH]C[C@@]1(C(N)=O)CC2. The maximum atomic E-state index is 11.7. The van der Waals surface area contributed by atoms with E-state index in [1.54, 1.807) is 0 Å². The summed E-state index contributed by atoms with van der Waals surface area (Å²) in [5, 5.41) is 12.8. The summed E-state index contributed by atoms with van der Waals surface area (Å²) in [7, 11) is 1.81. The molecule has 5 nitrogen and oxygen atoms in total. The summed E-state index contributed by atoms with van der Waals surface area (Å²) in [6.45, 7) is 1.07. The smallest absolute Gasteiger partial charge is 0.237 e. The number of piperidine rings is 1. The van der Waals surface area contributed by atoms with E-state index in [4.69, 9.17) is 5.73 Å². The van der Waals surface area contributed by atoms with Crippen molar-refractivity contribution < 1.29 is 9.90 Å². The van der Waals surface area contributed by atoms with Gasteiger partial charge in [0.25, 0.3) is 0 Å². The lowest BCUT2D eigenvalue weighted by Gasteiger charge is -2.43. The van der Waals surface area contributed by atoms with Crippen LogP contribution in [0.15, 0.2) is 0 Å². The van der Waals surface area contributed by atoms with Crippen LogP contribution in [0, 0.1) is 6.42 Å². The van der Waals surface area contributed by atoms with Crippen LogP contribution < -0.4 is 11.1 Å². The van der Waals surface area contributed by atoms with Gasteiger partial charge in [-0.15, -0.1) is 0 Å². The molecule has 2 aliphatic rings. The third-order valence-corrected chi connectivity index (χ3v) is 4.11. The van der Waals surface area contributed by atoms with E-state index in [0.29, 0.717) is 19.1 Å². The molecule has 1 radical (unpaired) electrons. The number of primary amides is 1. The largest absolute Gasteiger partial charge is 0.390 e. The second kappa shape index (κ2) is 4.92. The number of nitrogens with two attached hydrogens (primary N) is 1. The molecule has 2 rings (SSSR count). The fourth-order valence-corrected chi connectivity index (χ4v) is 3.25. The molecule has 3 atom stereocenters. The Hall–Kier alpha value is -0.650. The number of fused-ring (bicyclic) bond motifs is 2. The van der Waals surface area contributed by atoms with Crippen LogP contribution in [0.1, 0.15) is 25.7 Å². The van der Waals surface area contributed by atoms with Crippen LogP contribution in [0.2, 0.25) is 0 Å². The number of amides is 1. The van der Waals surface area contributed by atoms with E-state index < -0.39 is 11.6 Å². The Balaban J connectivity index is 2.10. The van der Waals surface area contributed by atoms with Crippen molar-refractivity contribution in [2.24, 2.45) is 5.73 Å². The first-order valence-electron chi connectivity index (χ1n) is 6.31. The molecule has 1 amide bonds. The zero-order valence-electron chi connectivity index (χ0n) is 10.4. The molecule has 0 spiro atoms. The lowest BCUT2D eigenvalue weighted by Crippen LogP contribution is -2.60. The Labute approximate surface area is 102 Å². The number of nitrogens with one attached hydrogen (secondary N) is 1. The summed E-state index contributed by atoms with van der Waals surface area (Å²) in [5.74, 6) is -0.243. The lowest BCUT2D eigenvalue weighted by molar-refractivity contribution is -0.131. The molecule has 17 heavy (non-hydrogen) atoms. The van der Waals surface area contributed by atoms with Crippen molar-refractivity contribution in [2.45, 2.75) is 43.4 Å². The van der Waals surface area contributed by atoms with Crippen LogP contribution >= 0.6 is 0 Å². The average molecular weight is 240 g/mol. The normalized spacial score (nSPS) is 34.8. The Morgan fingerprint density at radius 2 is 2.53 bits per heavy atom. The average Bonchev–Trinajstić information content (AvgIpc) is 2.49. The second-order valence-corrected chi connectivity index (χ2v) is 5.18. The molecular formula is C12H22N3O2. The Morgan fingerprint density at radius 3 is 3.18 bits per heavy atom. The summed E-state index contributed by atoms with van der Waals surface area (Å²) in [6, 6.07) is 0.378. The number of hydrogen-bond donors (Lipinski definition) is 3. The number of hydrogen-bond acceptors (Lipinski definition) is 4. The van der Waals surface area contributed by atoms with E-state index in [1.165, 1.54) is 0 Å². The van der Waals surface area contributed by atoms with Gasteiger partial charge in [-0.25, -0.2) is 0 Å². The number of aliphatic hydroxyl groups is 1. The third kappa shape index (κ3) is 2.19. The second-order valence-electron chi connectivity index (χ2n) is 5.18. The molecule has 0 aromatic rings. The summed E-state index contributed by atoms with van der Waals surface area (Å²) in [4.78, 5) is 13.9. The van der Waals surface area contributed by atoms with Gasteiger partial charge in [-0.3, -0.25) is 9.69 Å². The van der Waals surface area contributed by atoms with Crippen LogP contribution in [0.3, 0.4) is 0 Å². The predicted octanol–water partition coefficient (Wildman–Crippen LogP) is -0.747. The Kier molecular flexibility index (Phi) is 3.70. The summed E-state index contributed by atoms with van der Waals surface area (Å²) in [5.41, 5.74) is 5.05. The topological polar surface area (TPSA) is 78.6 Å². The Bertz CT molecular complexity index is 293. The first-order chi connectivity index (χ1) is 8.10. The van der Waals surface area contributed by atoms with E-state index in [-0.39, 0.29) is 5.91 Å². The van der Waals surface area contributed by atoms with Crippen molar-refractivity contribution >= 4 is 5.91 Å². The van der Waals surface area contributed by atoms with E-state index >= 15 is 0 Å². The highest BCUT2D eigenvalue weighted by molar-refractivity contribution is 5.85. The number of β-amino-alcohol motifs (C(OH)–C–C–N with tert-alkyl or cyclic N) is 1. The lowest BCUT2D eigenvalue weighted by atomic mass is 9.87. The van der Waals surface area contributed by atoms with Crippen LogP contribution in [-0.4, -0.2) is 53.7 Å². The maximum absolute atomic E-state index is 11.7. The maximum Gasteiger partial charge on any atom is 0.237 e. The molecule has 2 saturated heterocycles. The molecule has 97 valence electrons. The van der Waals surface area contributed by atoms with Gasteiger partial charge in [0, 0.05) is 19.1 Å². The number of likely N-dealkylation sites (N-methyl/N-ethyl adjacent to an activating group) is 1. The summed E-state index contributed by atoms with van der Waals surface area (Å²) < 4.78 is 0. The van der Waals surface area contributed by atoms with Gasteiger partial charge in [-0.05, 0) is 39.2 Å². The molecule has 0 saturated carbocycles. The molecular weight excluding hydrogens is 218 g/mol. The van der Waals surface area contributed by atoms with Gasteiger partial charge < -0.3 is 16.2 Å². The molecule has 0 aromatic heterocycles. The first-order valence-corrected chi connectivity index (χ1v) is 6.31. The van der Waals surface area contributed by atoms with Gasteiger partial charge in [0.15, 0.2) is 0 Å². The minimum Gasteiger partial charge on any atom is -0.390 e. The minimum absolute atomic E-state index is 0.243. The molecule has 2 heterocycles. The van der Waals surface area contributed by atoms with E-state index in [9.17, 15) is 9.90 Å².